The average Bonchev–Trinajstić information content (AvgIpc) is 2.41. The van der Waals surface area contributed by atoms with E-state index in [0.29, 0.717) is 6.04 Å². The molecule has 0 spiro atoms. The molecule has 0 radical (unpaired) electrons. The lowest BCUT2D eigenvalue weighted by atomic mass is 10.2. The minimum atomic E-state index is 0.388. The SMILES string of the molecule is C/C1=N\N(C)CCN(Cc2ccccn2)N[C@H](C)C1. The van der Waals surface area contributed by atoms with Gasteiger partial charge in [-0.3, -0.25) is 15.4 Å². The molecule has 0 unspecified atom stereocenters. The standard InChI is InChI=1S/C14H23N5/c1-12-10-13(2)17-19(9-8-18(3)16-12)11-14-6-4-5-7-15-14/h4-7,13,17H,8-11H2,1-3H3/b16-12+/t13-/m1/s1. The normalized spacial score (nSPS) is 25.1. The molecule has 0 saturated heterocycles. The average molecular weight is 261 g/mol. The molecule has 0 fully saturated rings. The number of hydrogen-bond acceptors (Lipinski definition) is 5. The van der Waals surface area contributed by atoms with E-state index >= 15 is 0 Å². The second-order valence-corrected chi connectivity index (χ2v) is 5.19. The van der Waals surface area contributed by atoms with Gasteiger partial charge in [-0.2, -0.15) is 5.10 Å². The van der Waals surface area contributed by atoms with Crippen LogP contribution in [0.2, 0.25) is 0 Å². The van der Waals surface area contributed by atoms with Gasteiger partial charge >= 0.3 is 0 Å². The van der Waals surface area contributed by atoms with Gasteiger partial charge in [0.05, 0.1) is 12.2 Å². The smallest absolute Gasteiger partial charge is 0.0558 e. The van der Waals surface area contributed by atoms with Gasteiger partial charge in [-0.15, -0.1) is 0 Å². The van der Waals surface area contributed by atoms with Gasteiger partial charge in [-0.1, -0.05) is 6.07 Å². The van der Waals surface area contributed by atoms with E-state index in [-0.39, 0.29) is 0 Å². The fourth-order valence-electron chi connectivity index (χ4n) is 2.32. The molecule has 5 heteroatoms. The van der Waals surface area contributed by atoms with Crippen LogP contribution in [0.5, 0.6) is 0 Å². The maximum absolute atomic E-state index is 4.56. The Morgan fingerprint density at radius 2 is 2.21 bits per heavy atom. The zero-order valence-corrected chi connectivity index (χ0v) is 12.0. The lowest BCUT2D eigenvalue weighted by Crippen LogP contribution is -2.45. The largest absolute Gasteiger partial charge is 0.299 e. The monoisotopic (exact) mass is 261 g/mol. The second-order valence-electron chi connectivity index (χ2n) is 5.19. The Hall–Kier alpha value is -1.46. The Labute approximate surface area is 115 Å². The first-order valence-corrected chi connectivity index (χ1v) is 6.79. The first-order chi connectivity index (χ1) is 9.13. The van der Waals surface area contributed by atoms with E-state index in [1.54, 1.807) is 0 Å². The molecule has 2 heterocycles. The quantitative estimate of drug-likeness (QED) is 0.876. The molecule has 1 aliphatic rings. The van der Waals surface area contributed by atoms with Crippen LogP contribution in [0.3, 0.4) is 0 Å². The van der Waals surface area contributed by atoms with Crippen molar-refractivity contribution in [3.05, 3.63) is 30.1 Å². The lowest BCUT2D eigenvalue weighted by Gasteiger charge is -2.26. The number of hydrazine groups is 1. The van der Waals surface area contributed by atoms with Crippen molar-refractivity contribution in [2.75, 3.05) is 20.1 Å². The lowest BCUT2D eigenvalue weighted by molar-refractivity contribution is 0.139. The summed E-state index contributed by atoms with van der Waals surface area (Å²) in [5, 5.41) is 8.80. The molecule has 0 bridgehead atoms. The Bertz CT molecular complexity index is 417. The number of hydrogen-bond donors (Lipinski definition) is 1. The van der Waals surface area contributed by atoms with Gasteiger partial charge < -0.3 is 0 Å². The van der Waals surface area contributed by atoms with Crippen LogP contribution in [0.1, 0.15) is 26.0 Å². The molecule has 2 rings (SSSR count). The predicted molar refractivity (Wildman–Crippen MR) is 77.6 cm³/mol. The highest BCUT2D eigenvalue weighted by molar-refractivity contribution is 5.82. The van der Waals surface area contributed by atoms with Crippen molar-refractivity contribution in [3.63, 3.8) is 0 Å². The third kappa shape index (κ3) is 4.61. The highest BCUT2D eigenvalue weighted by Crippen LogP contribution is 2.05. The van der Waals surface area contributed by atoms with E-state index < -0.39 is 0 Å². The maximum Gasteiger partial charge on any atom is 0.0558 e. The van der Waals surface area contributed by atoms with Crippen LogP contribution >= 0.6 is 0 Å². The van der Waals surface area contributed by atoms with Gasteiger partial charge in [0.25, 0.3) is 0 Å². The molecule has 1 N–H and O–H groups in total. The molecule has 0 amide bonds. The Balaban J connectivity index is 2.01. The minimum absolute atomic E-state index is 0.388. The number of rotatable bonds is 2. The molecule has 104 valence electrons. The van der Waals surface area contributed by atoms with Gasteiger partial charge in [-0.25, -0.2) is 5.01 Å². The van der Waals surface area contributed by atoms with Crippen LogP contribution in [0.15, 0.2) is 29.5 Å². The van der Waals surface area contributed by atoms with Gasteiger partial charge in [0.15, 0.2) is 0 Å². The van der Waals surface area contributed by atoms with E-state index in [1.807, 2.05) is 30.4 Å². The highest BCUT2D eigenvalue weighted by atomic mass is 15.5. The molecule has 0 aliphatic carbocycles. The summed E-state index contributed by atoms with van der Waals surface area (Å²) in [4.78, 5) is 4.39. The van der Waals surface area contributed by atoms with Gasteiger partial charge in [-0.05, 0) is 26.0 Å². The van der Waals surface area contributed by atoms with Crippen LogP contribution in [-0.2, 0) is 6.54 Å². The topological polar surface area (TPSA) is 43.8 Å². The Kier molecular flexibility index (Phi) is 4.87. The number of nitrogens with one attached hydrogen (secondary N) is 1. The molecular weight excluding hydrogens is 238 g/mol. The number of likely N-dealkylation sites (N-methyl/N-ethyl adjacent to an activating group) is 1. The van der Waals surface area contributed by atoms with Gasteiger partial charge in [0.1, 0.15) is 0 Å². The van der Waals surface area contributed by atoms with Crippen LogP contribution in [0.25, 0.3) is 0 Å². The summed E-state index contributed by atoms with van der Waals surface area (Å²) in [5.41, 5.74) is 5.80. The van der Waals surface area contributed by atoms with Gasteiger partial charge in [0.2, 0.25) is 0 Å². The van der Waals surface area contributed by atoms with E-state index in [2.05, 4.69) is 40.4 Å². The maximum atomic E-state index is 4.56. The summed E-state index contributed by atoms with van der Waals surface area (Å²) >= 11 is 0. The summed E-state index contributed by atoms with van der Waals surface area (Å²) in [6.07, 6.45) is 2.80. The number of nitrogens with zero attached hydrogens (tertiary/aromatic N) is 4. The van der Waals surface area contributed by atoms with E-state index in [4.69, 9.17) is 0 Å². The Morgan fingerprint density at radius 1 is 1.37 bits per heavy atom. The van der Waals surface area contributed by atoms with Crippen LogP contribution in [-0.4, -0.2) is 46.9 Å². The number of pyridine rings is 1. The van der Waals surface area contributed by atoms with Crippen LogP contribution < -0.4 is 5.43 Å². The van der Waals surface area contributed by atoms with Gasteiger partial charge in [0, 0.05) is 44.5 Å². The first kappa shape index (κ1) is 14.0. The van der Waals surface area contributed by atoms with Crippen molar-refractivity contribution < 1.29 is 0 Å². The summed E-state index contributed by atoms with van der Waals surface area (Å²) in [5.74, 6) is 0. The first-order valence-electron chi connectivity index (χ1n) is 6.79. The zero-order valence-electron chi connectivity index (χ0n) is 12.0. The van der Waals surface area contributed by atoms with Crippen molar-refractivity contribution in [2.24, 2.45) is 5.10 Å². The molecule has 1 atom stereocenters. The van der Waals surface area contributed by atoms with Crippen molar-refractivity contribution in [1.82, 2.24) is 20.4 Å². The third-order valence-corrected chi connectivity index (χ3v) is 3.12. The molecule has 1 aromatic rings. The summed E-state index contributed by atoms with van der Waals surface area (Å²) < 4.78 is 0. The van der Waals surface area contributed by atoms with Crippen molar-refractivity contribution >= 4 is 5.71 Å². The molecular formula is C14H23N5. The Morgan fingerprint density at radius 3 is 2.95 bits per heavy atom. The van der Waals surface area contributed by atoms with E-state index in [1.165, 1.54) is 5.71 Å². The van der Waals surface area contributed by atoms with Crippen LogP contribution in [0, 0.1) is 0 Å². The van der Waals surface area contributed by atoms with Crippen molar-refractivity contribution in [1.29, 1.82) is 0 Å². The predicted octanol–water partition coefficient (Wildman–Crippen LogP) is 1.49. The third-order valence-electron chi connectivity index (χ3n) is 3.12. The molecule has 5 nitrogen and oxygen atoms in total. The number of aromatic nitrogens is 1. The molecule has 0 aromatic carbocycles. The zero-order chi connectivity index (χ0) is 13.7. The molecule has 19 heavy (non-hydrogen) atoms. The second kappa shape index (κ2) is 6.63. The fourth-order valence-corrected chi connectivity index (χ4v) is 2.32. The molecule has 1 aromatic heterocycles. The number of hydrazone groups is 1. The van der Waals surface area contributed by atoms with Crippen molar-refractivity contribution in [3.8, 4) is 0 Å². The summed E-state index contributed by atoms with van der Waals surface area (Å²) in [6.45, 7) is 6.93. The van der Waals surface area contributed by atoms with Crippen molar-refractivity contribution in [2.45, 2.75) is 32.9 Å². The molecule has 1 aliphatic heterocycles. The summed E-state index contributed by atoms with van der Waals surface area (Å²) in [7, 11) is 2.03. The minimum Gasteiger partial charge on any atom is -0.299 e. The highest BCUT2D eigenvalue weighted by Gasteiger charge is 2.14. The van der Waals surface area contributed by atoms with Crippen LogP contribution in [0.4, 0.5) is 0 Å². The van der Waals surface area contributed by atoms with E-state index in [0.717, 1.165) is 31.7 Å². The fraction of sp³-hybridized carbons (Fsp3) is 0.571. The summed E-state index contributed by atoms with van der Waals surface area (Å²) in [6, 6.07) is 6.42. The molecule has 0 saturated carbocycles. The van der Waals surface area contributed by atoms with E-state index in [9.17, 15) is 0 Å².